The van der Waals surface area contributed by atoms with Crippen LogP contribution in [0.4, 0.5) is 24.7 Å². The quantitative estimate of drug-likeness (QED) is 0.484. The van der Waals surface area contributed by atoms with Crippen LogP contribution in [0.15, 0.2) is 29.2 Å². The number of fused-ring (bicyclic) bond motifs is 1. The Morgan fingerprint density at radius 1 is 1.24 bits per heavy atom. The lowest BCUT2D eigenvalue weighted by molar-refractivity contribution is 0.0695. The zero-order valence-electron chi connectivity index (χ0n) is 17.7. The van der Waals surface area contributed by atoms with Crippen LogP contribution in [0.2, 0.25) is 0 Å². The standard InChI is InChI=1S/C22H22F3N5O3/c1-2-27-8-11-3-4-29(9-11)21-16(25)5-12-19(31)13(22(32)33)10-30(20(12)28-21)18-7-17(26)14(23)6-15(18)24/h5-7,10-11,27H,2-4,8-9,26H2,1H3,(H,32,33). The van der Waals surface area contributed by atoms with Gasteiger partial charge in [-0.15, -0.1) is 0 Å². The molecule has 0 saturated carbocycles. The third-order valence-corrected chi connectivity index (χ3v) is 5.74. The number of nitrogens with two attached hydrogens (primary N) is 1. The summed E-state index contributed by atoms with van der Waals surface area (Å²) in [6.07, 6.45) is 1.69. The SMILES string of the molecule is CCNCC1CCN(c2nc3c(cc2F)c(=O)c(C(=O)O)cn3-c2cc(N)c(F)cc2F)C1. The molecule has 0 radical (unpaired) electrons. The van der Waals surface area contributed by atoms with Crippen LogP contribution in [-0.2, 0) is 0 Å². The minimum absolute atomic E-state index is 0.0341. The van der Waals surface area contributed by atoms with Gasteiger partial charge in [0.1, 0.15) is 17.2 Å². The van der Waals surface area contributed by atoms with E-state index >= 15 is 4.39 Å². The van der Waals surface area contributed by atoms with Crippen LogP contribution in [0.1, 0.15) is 23.7 Å². The summed E-state index contributed by atoms with van der Waals surface area (Å²) in [5.41, 5.74) is 3.03. The molecule has 1 fully saturated rings. The molecular formula is C22H22F3N5O3. The highest BCUT2D eigenvalue weighted by atomic mass is 19.1. The first-order valence-corrected chi connectivity index (χ1v) is 10.4. The summed E-state index contributed by atoms with van der Waals surface area (Å²) < 4.78 is 44.4. The summed E-state index contributed by atoms with van der Waals surface area (Å²) in [4.78, 5) is 30.4. The van der Waals surface area contributed by atoms with Crippen LogP contribution >= 0.6 is 0 Å². The lowest BCUT2D eigenvalue weighted by Gasteiger charge is -2.20. The molecule has 3 heterocycles. The molecule has 2 aromatic heterocycles. The number of nitrogen functional groups attached to an aromatic ring is 1. The number of aromatic nitrogens is 2. The molecule has 3 aromatic rings. The Labute approximate surface area is 186 Å². The summed E-state index contributed by atoms with van der Waals surface area (Å²) in [6, 6.07) is 2.42. The largest absolute Gasteiger partial charge is 0.477 e. The molecule has 11 heteroatoms. The van der Waals surface area contributed by atoms with Crippen LogP contribution in [0, 0.1) is 23.4 Å². The first-order valence-electron chi connectivity index (χ1n) is 10.4. The zero-order chi connectivity index (χ0) is 23.9. The van der Waals surface area contributed by atoms with E-state index in [1.165, 1.54) is 0 Å². The van der Waals surface area contributed by atoms with E-state index < -0.39 is 34.4 Å². The normalized spacial score (nSPS) is 16.0. The smallest absolute Gasteiger partial charge is 0.341 e. The topological polar surface area (TPSA) is 113 Å². The number of pyridine rings is 2. The van der Waals surface area contributed by atoms with Crippen molar-refractivity contribution in [2.75, 3.05) is 36.8 Å². The van der Waals surface area contributed by atoms with E-state index in [-0.39, 0.29) is 34.1 Å². The van der Waals surface area contributed by atoms with Crippen molar-refractivity contribution in [3.63, 3.8) is 0 Å². The second-order valence-corrected chi connectivity index (χ2v) is 7.95. The van der Waals surface area contributed by atoms with E-state index in [0.29, 0.717) is 19.2 Å². The van der Waals surface area contributed by atoms with Crippen molar-refractivity contribution < 1.29 is 23.1 Å². The summed E-state index contributed by atoms with van der Waals surface area (Å²) in [6.45, 7) is 4.61. The first-order chi connectivity index (χ1) is 15.7. The predicted molar refractivity (Wildman–Crippen MR) is 117 cm³/mol. The van der Waals surface area contributed by atoms with Gasteiger partial charge < -0.3 is 21.1 Å². The van der Waals surface area contributed by atoms with Crippen LogP contribution in [0.25, 0.3) is 16.7 Å². The van der Waals surface area contributed by atoms with E-state index in [1.807, 2.05) is 6.92 Å². The van der Waals surface area contributed by atoms with E-state index in [1.54, 1.807) is 4.90 Å². The fourth-order valence-electron chi connectivity index (χ4n) is 4.05. The number of carboxylic acid groups (broad SMARTS) is 1. The lowest BCUT2D eigenvalue weighted by atomic mass is 10.1. The summed E-state index contributed by atoms with van der Waals surface area (Å²) in [5.74, 6) is -4.19. The molecule has 0 amide bonds. The van der Waals surface area contributed by atoms with Gasteiger partial charge in [0.15, 0.2) is 17.3 Å². The van der Waals surface area contributed by atoms with Gasteiger partial charge in [0.2, 0.25) is 5.43 Å². The molecule has 174 valence electrons. The van der Waals surface area contributed by atoms with Crippen LogP contribution < -0.4 is 21.4 Å². The van der Waals surface area contributed by atoms with Gasteiger partial charge in [0, 0.05) is 25.4 Å². The monoisotopic (exact) mass is 461 g/mol. The number of hydrogen-bond acceptors (Lipinski definition) is 6. The maximum absolute atomic E-state index is 15.0. The van der Waals surface area contributed by atoms with Gasteiger partial charge in [-0.25, -0.2) is 22.9 Å². The zero-order valence-corrected chi connectivity index (χ0v) is 17.7. The number of hydrogen-bond donors (Lipinski definition) is 3. The molecular weight excluding hydrogens is 439 g/mol. The molecule has 8 nitrogen and oxygen atoms in total. The number of carbonyl (C=O) groups is 1. The molecule has 0 bridgehead atoms. The van der Waals surface area contributed by atoms with E-state index in [9.17, 15) is 23.5 Å². The average Bonchev–Trinajstić information content (AvgIpc) is 3.24. The van der Waals surface area contributed by atoms with Gasteiger partial charge in [0.05, 0.1) is 16.8 Å². The van der Waals surface area contributed by atoms with E-state index in [0.717, 1.165) is 42.4 Å². The second kappa shape index (κ2) is 8.74. The molecule has 33 heavy (non-hydrogen) atoms. The molecule has 1 aliphatic heterocycles. The fraction of sp³-hybridized carbons (Fsp3) is 0.318. The molecule has 0 spiro atoms. The molecule has 4 rings (SSSR count). The van der Waals surface area contributed by atoms with Crippen molar-refractivity contribution in [3.05, 3.63) is 57.6 Å². The number of aromatic carboxylic acids is 1. The van der Waals surface area contributed by atoms with Gasteiger partial charge in [-0.3, -0.25) is 9.36 Å². The number of rotatable bonds is 6. The Morgan fingerprint density at radius 3 is 2.70 bits per heavy atom. The maximum Gasteiger partial charge on any atom is 0.341 e. The lowest BCUT2D eigenvalue weighted by Crippen LogP contribution is -2.27. The third kappa shape index (κ3) is 4.11. The second-order valence-electron chi connectivity index (χ2n) is 7.95. The van der Waals surface area contributed by atoms with E-state index in [2.05, 4.69) is 10.3 Å². The van der Waals surface area contributed by atoms with Crippen molar-refractivity contribution in [2.45, 2.75) is 13.3 Å². The number of nitrogens with one attached hydrogen (secondary N) is 1. The Kier molecular flexibility index (Phi) is 5.98. The number of carboxylic acids is 1. The Morgan fingerprint density at radius 2 is 2.00 bits per heavy atom. The van der Waals surface area contributed by atoms with Gasteiger partial charge in [0.25, 0.3) is 0 Å². The van der Waals surface area contributed by atoms with Gasteiger partial charge in [-0.05, 0) is 37.6 Å². The summed E-state index contributed by atoms with van der Waals surface area (Å²) >= 11 is 0. The van der Waals surface area contributed by atoms with Gasteiger partial charge in [-0.2, -0.15) is 0 Å². The number of anilines is 2. The first kappa shape index (κ1) is 22.6. The van der Waals surface area contributed by atoms with Crippen molar-refractivity contribution in [1.82, 2.24) is 14.9 Å². The summed E-state index contributed by atoms with van der Waals surface area (Å²) in [5, 5.41) is 12.3. The van der Waals surface area contributed by atoms with Crippen molar-refractivity contribution in [1.29, 1.82) is 0 Å². The highest BCUT2D eigenvalue weighted by Gasteiger charge is 2.27. The molecule has 1 saturated heterocycles. The Balaban J connectivity index is 1.93. The van der Waals surface area contributed by atoms with Crippen LogP contribution in [-0.4, -0.2) is 46.8 Å². The highest BCUT2D eigenvalue weighted by Crippen LogP contribution is 2.29. The molecule has 1 unspecified atom stereocenters. The highest BCUT2D eigenvalue weighted by molar-refractivity contribution is 5.92. The number of nitrogens with zero attached hydrogens (tertiary/aromatic N) is 3. The Bertz CT molecular complexity index is 1310. The van der Waals surface area contributed by atoms with Crippen LogP contribution in [0.3, 0.4) is 0 Å². The van der Waals surface area contributed by atoms with Gasteiger partial charge >= 0.3 is 5.97 Å². The van der Waals surface area contributed by atoms with Crippen molar-refractivity contribution in [3.8, 4) is 5.69 Å². The van der Waals surface area contributed by atoms with Crippen molar-refractivity contribution in [2.24, 2.45) is 5.92 Å². The molecule has 1 aliphatic rings. The summed E-state index contributed by atoms with van der Waals surface area (Å²) in [7, 11) is 0. The molecule has 1 aromatic carbocycles. The van der Waals surface area contributed by atoms with Crippen LogP contribution in [0.5, 0.6) is 0 Å². The molecule has 4 N–H and O–H groups in total. The van der Waals surface area contributed by atoms with E-state index in [4.69, 9.17) is 5.73 Å². The van der Waals surface area contributed by atoms with Crippen molar-refractivity contribution >= 4 is 28.5 Å². The average molecular weight is 461 g/mol. The molecule has 0 aliphatic carbocycles. The minimum Gasteiger partial charge on any atom is -0.477 e. The minimum atomic E-state index is -1.58. The Hall–Kier alpha value is -3.60. The molecule has 1 atom stereocenters. The number of halogens is 3. The third-order valence-electron chi connectivity index (χ3n) is 5.74. The fourth-order valence-corrected chi connectivity index (χ4v) is 4.05. The van der Waals surface area contributed by atoms with Gasteiger partial charge in [-0.1, -0.05) is 6.92 Å². The maximum atomic E-state index is 15.0. The number of benzene rings is 1. The predicted octanol–water partition coefficient (Wildman–Crippen LogP) is 2.52.